The quantitative estimate of drug-likeness (QED) is 0.577. The first-order valence-electron chi connectivity index (χ1n) is 13.7. The molecule has 4 saturated carbocycles. The summed E-state index contributed by atoms with van der Waals surface area (Å²) in [7, 11) is 6.40. The van der Waals surface area contributed by atoms with Crippen LogP contribution >= 0.6 is 0 Å². The number of hydrogen-bond acceptors (Lipinski definition) is 3. The second-order valence-corrected chi connectivity index (χ2v) is 13.3. The summed E-state index contributed by atoms with van der Waals surface area (Å²) >= 11 is 0. The van der Waals surface area contributed by atoms with Gasteiger partial charge in [-0.05, 0) is 121 Å². The molecule has 0 aromatic rings. The van der Waals surface area contributed by atoms with Crippen LogP contribution in [0.3, 0.4) is 0 Å². The molecule has 4 aliphatic rings. The molecule has 4 heteroatoms. The van der Waals surface area contributed by atoms with Gasteiger partial charge in [-0.2, -0.15) is 0 Å². The van der Waals surface area contributed by atoms with E-state index in [1.54, 1.807) is 6.08 Å². The molecular weight excluding hydrogens is 408 g/mol. The molecule has 1 amide bonds. The Morgan fingerprint density at radius 3 is 2.33 bits per heavy atom. The number of fused-ring (bicyclic) bond motifs is 5. The molecular formula is C29H50N2O2. The third-order valence-corrected chi connectivity index (χ3v) is 11.5. The van der Waals surface area contributed by atoms with E-state index in [2.05, 4.69) is 39.8 Å². The lowest BCUT2D eigenvalue weighted by Gasteiger charge is -2.63. The monoisotopic (exact) mass is 458 g/mol. The number of allylic oxidation sites excluding steroid dienone is 1. The van der Waals surface area contributed by atoms with Crippen molar-refractivity contribution in [2.24, 2.45) is 40.4 Å². The number of nitrogens with zero attached hydrogens (tertiary/aromatic N) is 2. The van der Waals surface area contributed by atoms with Gasteiger partial charge in [0.1, 0.15) is 0 Å². The maximum Gasteiger partial charge on any atom is 0.246 e. The molecule has 188 valence electrons. The average molecular weight is 459 g/mol. The fourth-order valence-corrected chi connectivity index (χ4v) is 9.26. The molecule has 0 aromatic heterocycles. The zero-order valence-electron chi connectivity index (χ0n) is 22.6. The molecule has 10 atom stereocenters. The Labute approximate surface area is 203 Å². The lowest BCUT2D eigenvalue weighted by molar-refractivity contribution is -0.172. The van der Waals surface area contributed by atoms with Crippen LogP contribution in [0.25, 0.3) is 0 Å². The number of rotatable bonds is 4. The number of carbonyl (C=O) groups excluding carboxylic acids is 1. The smallest absolute Gasteiger partial charge is 0.246 e. The zero-order chi connectivity index (χ0) is 24.3. The summed E-state index contributed by atoms with van der Waals surface area (Å²) in [5.41, 5.74) is 1.45. The molecule has 0 aliphatic heterocycles. The molecule has 0 saturated heterocycles. The van der Waals surface area contributed by atoms with Crippen LogP contribution in [0, 0.1) is 40.4 Å². The number of likely N-dealkylation sites (N-methyl/N-ethyl adjacent to an activating group) is 1. The molecule has 4 fully saturated rings. The predicted octanol–water partition coefficient (Wildman–Crippen LogP) is 5.36. The lowest BCUT2D eigenvalue weighted by atomic mass is 9.43. The second kappa shape index (κ2) is 8.97. The van der Waals surface area contributed by atoms with Gasteiger partial charge in [0.05, 0.1) is 6.10 Å². The fraction of sp³-hybridized carbons (Fsp3) is 0.897. The van der Waals surface area contributed by atoms with Gasteiger partial charge in [0, 0.05) is 30.6 Å². The molecule has 4 aliphatic carbocycles. The molecule has 4 nitrogen and oxygen atoms in total. The normalized spacial score (nSPS) is 45.6. The SMILES string of the molecule is CC(C)=CC(=O)N(C)[C@@H]1CC[C@@]2(C)[C@@H](CC[C@@H]3[C@@H]2C[C@@H](O)[C@]2(C)[C@@H]([C@H](C)N(C)C)CC[C@@H]32)C1. The van der Waals surface area contributed by atoms with Crippen LogP contribution in [0.1, 0.15) is 86.0 Å². The zero-order valence-corrected chi connectivity index (χ0v) is 22.6. The maximum atomic E-state index is 12.7. The largest absolute Gasteiger partial charge is 0.393 e. The van der Waals surface area contributed by atoms with Crippen molar-refractivity contribution < 1.29 is 9.90 Å². The van der Waals surface area contributed by atoms with E-state index >= 15 is 0 Å². The Kier molecular flexibility index (Phi) is 6.86. The van der Waals surface area contributed by atoms with E-state index < -0.39 is 0 Å². The number of hydrogen-bond donors (Lipinski definition) is 1. The van der Waals surface area contributed by atoms with Crippen molar-refractivity contribution in [1.82, 2.24) is 9.80 Å². The lowest BCUT2D eigenvalue weighted by Crippen LogP contribution is -2.60. The Morgan fingerprint density at radius 2 is 1.70 bits per heavy atom. The first kappa shape index (κ1) is 25.2. The summed E-state index contributed by atoms with van der Waals surface area (Å²) < 4.78 is 0. The Balaban J connectivity index is 1.53. The Bertz CT molecular complexity index is 774. The van der Waals surface area contributed by atoms with Gasteiger partial charge in [0.15, 0.2) is 0 Å². The van der Waals surface area contributed by atoms with Crippen molar-refractivity contribution in [3.8, 4) is 0 Å². The standard InChI is InChI=1S/C29H50N2O2/c1-18(2)15-27(33)31(8)21-13-14-28(4)20(16-21)9-10-22-24-12-11-23(19(3)30(6)7)29(24,5)26(32)17-25(22)28/h15,19-26,32H,9-14,16-17H2,1-8H3/t19-,20-,21+,22-,23+,24-,25-,26+,28-,29+/m0/s1. The molecule has 33 heavy (non-hydrogen) atoms. The van der Waals surface area contributed by atoms with E-state index in [-0.39, 0.29) is 17.4 Å². The highest BCUT2D eigenvalue weighted by molar-refractivity contribution is 5.88. The molecule has 0 spiro atoms. The summed E-state index contributed by atoms with van der Waals surface area (Å²) in [6.07, 6.45) is 11.2. The highest BCUT2D eigenvalue weighted by Crippen LogP contribution is 2.68. The van der Waals surface area contributed by atoms with Crippen LogP contribution in [0.5, 0.6) is 0 Å². The average Bonchev–Trinajstić information content (AvgIpc) is 3.11. The van der Waals surface area contributed by atoms with Crippen LogP contribution in [0.15, 0.2) is 11.6 Å². The van der Waals surface area contributed by atoms with Crippen molar-refractivity contribution in [3.63, 3.8) is 0 Å². The van der Waals surface area contributed by atoms with Gasteiger partial charge in [0.2, 0.25) is 5.91 Å². The summed E-state index contributed by atoms with van der Waals surface area (Å²) in [6, 6.07) is 0.876. The molecule has 0 unspecified atom stereocenters. The van der Waals surface area contributed by atoms with Gasteiger partial charge < -0.3 is 14.9 Å². The van der Waals surface area contributed by atoms with Crippen LogP contribution < -0.4 is 0 Å². The highest BCUT2D eigenvalue weighted by atomic mass is 16.3. The van der Waals surface area contributed by atoms with E-state index in [1.807, 2.05) is 25.8 Å². The first-order chi connectivity index (χ1) is 15.4. The molecule has 1 N–H and O–H groups in total. The number of aliphatic hydroxyl groups is 1. The van der Waals surface area contributed by atoms with Crippen LogP contribution in [-0.2, 0) is 4.79 Å². The molecule has 4 rings (SSSR count). The Morgan fingerprint density at radius 1 is 1.00 bits per heavy atom. The minimum Gasteiger partial charge on any atom is -0.393 e. The highest BCUT2D eigenvalue weighted by Gasteiger charge is 2.64. The van der Waals surface area contributed by atoms with E-state index in [9.17, 15) is 9.90 Å². The van der Waals surface area contributed by atoms with Gasteiger partial charge in [-0.25, -0.2) is 0 Å². The second-order valence-electron chi connectivity index (χ2n) is 13.3. The van der Waals surface area contributed by atoms with Crippen molar-refractivity contribution in [2.75, 3.05) is 21.1 Å². The van der Waals surface area contributed by atoms with E-state index in [4.69, 9.17) is 0 Å². The molecule has 0 radical (unpaired) electrons. The van der Waals surface area contributed by atoms with Crippen molar-refractivity contribution in [3.05, 3.63) is 11.6 Å². The number of carbonyl (C=O) groups is 1. The Hall–Kier alpha value is -0.870. The minimum atomic E-state index is -0.186. The van der Waals surface area contributed by atoms with Gasteiger partial charge in [-0.1, -0.05) is 19.4 Å². The van der Waals surface area contributed by atoms with Gasteiger partial charge in [-0.15, -0.1) is 0 Å². The van der Waals surface area contributed by atoms with Gasteiger partial charge in [-0.3, -0.25) is 4.79 Å². The maximum absolute atomic E-state index is 12.7. The number of aliphatic hydroxyl groups excluding tert-OH is 1. The third-order valence-electron chi connectivity index (χ3n) is 11.5. The molecule has 0 heterocycles. The minimum absolute atomic E-state index is 0.0578. The number of amides is 1. The van der Waals surface area contributed by atoms with Crippen LogP contribution in [0.4, 0.5) is 0 Å². The predicted molar refractivity (Wildman–Crippen MR) is 136 cm³/mol. The van der Waals surface area contributed by atoms with Gasteiger partial charge >= 0.3 is 0 Å². The van der Waals surface area contributed by atoms with Crippen LogP contribution in [-0.4, -0.2) is 60.1 Å². The van der Waals surface area contributed by atoms with Crippen molar-refractivity contribution >= 4 is 5.91 Å². The summed E-state index contributed by atoms with van der Waals surface area (Å²) in [5.74, 6) is 3.49. The molecule has 0 aromatic carbocycles. The van der Waals surface area contributed by atoms with Crippen LogP contribution in [0.2, 0.25) is 0 Å². The van der Waals surface area contributed by atoms with E-state index in [0.717, 1.165) is 30.8 Å². The first-order valence-corrected chi connectivity index (χ1v) is 13.7. The fourth-order valence-electron chi connectivity index (χ4n) is 9.26. The summed E-state index contributed by atoms with van der Waals surface area (Å²) in [6.45, 7) is 11.3. The third kappa shape index (κ3) is 4.01. The van der Waals surface area contributed by atoms with Gasteiger partial charge in [0.25, 0.3) is 0 Å². The topological polar surface area (TPSA) is 43.8 Å². The van der Waals surface area contributed by atoms with Crippen molar-refractivity contribution in [1.29, 1.82) is 0 Å². The van der Waals surface area contributed by atoms with E-state index in [1.165, 1.54) is 32.1 Å². The summed E-state index contributed by atoms with van der Waals surface area (Å²) in [4.78, 5) is 17.0. The van der Waals surface area contributed by atoms with Crippen molar-refractivity contribution in [2.45, 2.75) is 104 Å². The van der Waals surface area contributed by atoms with E-state index in [0.29, 0.717) is 41.2 Å². The summed E-state index contributed by atoms with van der Waals surface area (Å²) in [5, 5.41) is 11.7. The molecule has 0 bridgehead atoms.